The van der Waals surface area contributed by atoms with Crippen LogP contribution in [0.25, 0.3) is 0 Å². The highest BCUT2D eigenvalue weighted by atomic mass is 16.2. The molecule has 2 N–H and O–H groups in total. The Hall–Kier alpha value is -0.610. The highest BCUT2D eigenvalue weighted by Gasteiger charge is 2.16. The van der Waals surface area contributed by atoms with Crippen molar-refractivity contribution in [3.05, 3.63) is 0 Å². The molecule has 0 unspecified atom stereocenters. The summed E-state index contributed by atoms with van der Waals surface area (Å²) in [6.45, 7) is 3.31. The van der Waals surface area contributed by atoms with Crippen molar-refractivity contribution in [1.82, 2.24) is 10.1 Å². The van der Waals surface area contributed by atoms with Crippen LogP contribution in [-0.2, 0) is 4.79 Å². The van der Waals surface area contributed by atoms with Crippen molar-refractivity contribution < 1.29 is 4.79 Å². The van der Waals surface area contributed by atoms with Gasteiger partial charge in [0.25, 0.3) is 0 Å². The van der Waals surface area contributed by atoms with Crippen molar-refractivity contribution in [2.75, 3.05) is 13.1 Å². The Morgan fingerprint density at radius 2 is 1.91 bits per heavy atom. The minimum atomic E-state index is -0.0908. The van der Waals surface area contributed by atoms with Crippen molar-refractivity contribution in [3.63, 3.8) is 0 Å². The fourth-order valence-electron chi connectivity index (χ4n) is 1.29. The second-order valence-electron chi connectivity index (χ2n) is 2.88. The van der Waals surface area contributed by atoms with Gasteiger partial charge in [-0.3, -0.25) is 4.79 Å². The predicted octanol–water partition coefficient (Wildman–Crippen LogP) is 0.109. The molecule has 1 fully saturated rings. The zero-order chi connectivity index (χ0) is 8.27. The predicted molar refractivity (Wildman–Crippen MR) is 42.1 cm³/mol. The number of amides is 1. The summed E-state index contributed by atoms with van der Waals surface area (Å²) in [5.41, 5.74) is 0. The van der Waals surface area contributed by atoms with Crippen LogP contribution < -0.4 is 5.84 Å². The third-order valence-electron chi connectivity index (χ3n) is 1.96. The van der Waals surface area contributed by atoms with Gasteiger partial charge in [-0.25, -0.2) is 16.0 Å². The molecule has 0 spiro atoms. The molecule has 0 saturated carbocycles. The van der Waals surface area contributed by atoms with Crippen LogP contribution >= 0.6 is 0 Å². The molecule has 1 aliphatic heterocycles. The number of hydrogen-bond donors (Lipinski definition) is 1. The van der Waals surface area contributed by atoms with E-state index in [-0.39, 0.29) is 5.91 Å². The Morgan fingerprint density at radius 3 is 2.36 bits per heavy atom. The minimum Gasteiger partial charge on any atom is -0.272 e. The van der Waals surface area contributed by atoms with E-state index < -0.39 is 0 Å². The Balaban J connectivity index is 2.38. The second-order valence-corrected chi connectivity index (χ2v) is 2.88. The van der Waals surface area contributed by atoms with Crippen molar-refractivity contribution in [1.29, 1.82) is 0 Å². The number of hydrazine groups is 2. The second kappa shape index (κ2) is 3.69. The molecule has 0 bridgehead atoms. The maximum absolute atomic E-state index is 10.8. The summed E-state index contributed by atoms with van der Waals surface area (Å²) in [7, 11) is 0. The summed E-state index contributed by atoms with van der Waals surface area (Å²) in [5.74, 6) is 5.41. The number of carbonyl (C=O) groups is 1. The largest absolute Gasteiger partial charge is 0.272 e. The summed E-state index contributed by atoms with van der Waals surface area (Å²) in [5, 5.41) is 3.12. The van der Waals surface area contributed by atoms with Gasteiger partial charge >= 0.3 is 0 Å². The number of hydrogen-bond acceptors (Lipinski definition) is 3. The van der Waals surface area contributed by atoms with Crippen molar-refractivity contribution >= 4 is 5.91 Å². The lowest BCUT2D eigenvalue weighted by atomic mass is 10.2. The van der Waals surface area contributed by atoms with Crippen LogP contribution in [0.4, 0.5) is 0 Å². The van der Waals surface area contributed by atoms with Gasteiger partial charge in [0.05, 0.1) is 0 Å². The fourth-order valence-corrected chi connectivity index (χ4v) is 1.29. The Kier molecular flexibility index (Phi) is 2.84. The SMILES string of the molecule is CC(=O)N(N)N1CCCCC1. The van der Waals surface area contributed by atoms with E-state index in [2.05, 4.69) is 0 Å². The highest BCUT2D eigenvalue weighted by Crippen LogP contribution is 2.08. The van der Waals surface area contributed by atoms with Gasteiger partial charge in [-0.1, -0.05) is 6.42 Å². The molecule has 1 amide bonds. The number of piperidine rings is 1. The average molecular weight is 157 g/mol. The maximum atomic E-state index is 10.8. The lowest BCUT2D eigenvalue weighted by molar-refractivity contribution is -0.149. The van der Waals surface area contributed by atoms with Crippen molar-refractivity contribution in [3.8, 4) is 0 Å². The lowest BCUT2D eigenvalue weighted by Crippen LogP contribution is -2.52. The van der Waals surface area contributed by atoms with Gasteiger partial charge in [-0.15, -0.1) is 0 Å². The third kappa shape index (κ3) is 2.17. The molecule has 0 aliphatic carbocycles. The van der Waals surface area contributed by atoms with Crippen LogP contribution in [0.5, 0.6) is 0 Å². The maximum Gasteiger partial charge on any atom is 0.248 e. The van der Waals surface area contributed by atoms with Gasteiger partial charge < -0.3 is 0 Å². The van der Waals surface area contributed by atoms with Gasteiger partial charge in [0.1, 0.15) is 0 Å². The quantitative estimate of drug-likeness (QED) is 0.334. The zero-order valence-corrected chi connectivity index (χ0v) is 6.92. The molecule has 1 rings (SSSR count). The molecule has 1 saturated heterocycles. The molecule has 1 heterocycles. The molecule has 0 atom stereocenters. The topological polar surface area (TPSA) is 49.6 Å². The van der Waals surface area contributed by atoms with E-state index in [0.29, 0.717) is 0 Å². The van der Waals surface area contributed by atoms with Crippen LogP contribution in [0.2, 0.25) is 0 Å². The lowest BCUT2D eigenvalue weighted by Gasteiger charge is -2.32. The van der Waals surface area contributed by atoms with Crippen LogP contribution in [0.1, 0.15) is 26.2 Å². The van der Waals surface area contributed by atoms with E-state index in [9.17, 15) is 4.79 Å². The van der Waals surface area contributed by atoms with E-state index in [1.54, 1.807) is 0 Å². The van der Waals surface area contributed by atoms with Crippen LogP contribution in [-0.4, -0.2) is 29.1 Å². The Labute approximate surface area is 66.9 Å². The first kappa shape index (κ1) is 8.49. The van der Waals surface area contributed by atoms with E-state index in [4.69, 9.17) is 5.84 Å². The number of carbonyl (C=O) groups excluding carboxylic acids is 1. The summed E-state index contributed by atoms with van der Waals surface area (Å²) in [4.78, 5) is 10.8. The van der Waals surface area contributed by atoms with Crippen LogP contribution in [0.3, 0.4) is 0 Å². The number of rotatable bonds is 1. The van der Waals surface area contributed by atoms with Gasteiger partial charge in [0.15, 0.2) is 0 Å². The highest BCUT2D eigenvalue weighted by molar-refractivity contribution is 5.71. The summed E-state index contributed by atoms with van der Waals surface area (Å²) in [6.07, 6.45) is 3.53. The summed E-state index contributed by atoms with van der Waals surface area (Å²) >= 11 is 0. The average Bonchev–Trinajstić information content (AvgIpc) is 2.05. The number of nitrogens with two attached hydrogens (primary N) is 1. The van der Waals surface area contributed by atoms with E-state index in [0.717, 1.165) is 25.9 Å². The molecule has 0 aromatic rings. The van der Waals surface area contributed by atoms with Crippen molar-refractivity contribution in [2.24, 2.45) is 5.84 Å². The smallest absolute Gasteiger partial charge is 0.248 e. The van der Waals surface area contributed by atoms with E-state index in [1.807, 2.05) is 5.01 Å². The fraction of sp³-hybridized carbons (Fsp3) is 0.857. The molecule has 1 aliphatic rings. The first-order valence-electron chi connectivity index (χ1n) is 4.02. The van der Waals surface area contributed by atoms with Gasteiger partial charge in [-0.2, -0.15) is 0 Å². The van der Waals surface area contributed by atoms with E-state index >= 15 is 0 Å². The van der Waals surface area contributed by atoms with Crippen molar-refractivity contribution in [2.45, 2.75) is 26.2 Å². The molecule has 4 nitrogen and oxygen atoms in total. The molecule has 0 aromatic carbocycles. The monoisotopic (exact) mass is 157 g/mol. The molecule has 11 heavy (non-hydrogen) atoms. The standard InChI is InChI=1S/C7H15N3O/c1-7(11)10(8)9-5-3-2-4-6-9/h2-6,8H2,1H3. The molecule has 64 valence electrons. The van der Waals surface area contributed by atoms with Gasteiger partial charge in [0, 0.05) is 20.0 Å². The zero-order valence-electron chi connectivity index (χ0n) is 6.92. The minimum absolute atomic E-state index is 0.0908. The molecular weight excluding hydrogens is 142 g/mol. The molecular formula is C7H15N3O. The Morgan fingerprint density at radius 1 is 1.36 bits per heavy atom. The van der Waals surface area contributed by atoms with Crippen LogP contribution in [0, 0.1) is 0 Å². The molecule has 0 radical (unpaired) electrons. The summed E-state index contributed by atoms with van der Waals surface area (Å²) < 4.78 is 0. The van der Waals surface area contributed by atoms with Crippen LogP contribution in [0.15, 0.2) is 0 Å². The first-order valence-corrected chi connectivity index (χ1v) is 4.02. The Bertz CT molecular complexity index is 143. The summed E-state index contributed by atoms with van der Waals surface area (Å²) in [6, 6.07) is 0. The molecule has 4 heteroatoms. The van der Waals surface area contributed by atoms with Gasteiger partial charge in [0.2, 0.25) is 5.91 Å². The first-order chi connectivity index (χ1) is 5.22. The third-order valence-corrected chi connectivity index (χ3v) is 1.96. The van der Waals surface area contributed by atoms with E-state index in [1.165, 1.54) is 18.5 Å². The molecule has 0 aromatic heterocycles. The number of nitrogens with zero attached hydrogens (tertiary/aromatic N) is 2. The van der Waals surface area contributed by atoms with Gasteiger partial charge in [-0.05, 0) is 12.8 Å². The normalized spacial score (nSPS) is 19.8.